The second-order valence-electron chi connectivity index (χ2n) is 8.26. The van der Waals surface area contributed by atoms with Gasteiger partial charge < -0.3 is 19.7 Å². The predicted octanol–water partition coefficient (Wildman–Crippen LogP) is 4.81. The number of rotatable bonds is 7. The van der Waals surface area contributed by atoms with Crippen LogP contribution in [0.5, 0.6) is 11.5 Å². The molecule has 1 aromatic heterocycles. The van der Waals surface area contributed by atoms with E-state index in [4.69, 9.17) is 9.47 Å². The minimum absolute atomic E-state index is 0.0140. The zero-order chi connectivity index (χ0) is 24.6. The number of alkyl halides is 2. The van der Waals surface area contributed by atoms with Crippen LogP contribution in [-0.4, -0.2) is 47.3 Å². The fourth-order valence-electron chi connectivity index (χ4n) is 3.95. The van der Waals surface area contributed by atoms with Crippen LogP contribution in [0.25, 0.3) is 10.8 Å². The van der Waals surface area contributed by atoms with Crippen LogP contribution in [0.15, 0.2) is 30.3 Å². The van der Waals surface area contributed by atoms with Crippen molar-refractivity contribution in [2.24, 2.45) is 0 Å². The van der Waals surface area contributed by atoms with Crippen LogP contribution >= 0.6 is 0 Å². The molecule has 0 aliphatic carbocycles. The van der Waals surface area contributed by atoms with Crippen LogP contribution in [0.4, 0.5) is 19.0 Å². The summed E-state index contributed by atoms with van der Waals surface area (Å²) in [5.41, 5.74) is 0.0963. The maximum Gasteiger partial charge on any atom is 0.266 e. The Kier molecular flexibility index (Phi) is 6.49. The smallest absolute Gasteiger partial charge is 0.266 e. The lowest BCUT2D eigenvalue weighted by Crippen LogP contribution is -2.55. The number of benzene rings is 2. The average Bonchev–Trinajstić information content (AvgIpc) is 2.77. The Labute approximate surface area is 194 Å². The van der Waals surface area contributed by atoms with E-state index in [1.54, 1.807) is 30.9 Å². The molecule has 1 N–H and O–H groups in total. The van der Waals surface area contributed by atoms with E-state index in [1.165, 1.54) is 26.2 Å². The Morgan fingerprint density at radius 1 is 1.15 bits per heavy atom. The first-order chi connectivity index (χ1) is 16.2. The van der Waals surface area contributed by atoms with Crippen molar-refractivity contribution in [3.63, 3.8) is 0 Å². The highest BCUT2D eigenvalue weighted by Crippen LogP contribution is 2.38. The lowest BCUT2D eigenvalue weighted by atomic mass is 10.0. The van der Waals surface area contributed by atoms with E-state index >= 15 is 0 Å². The number of nitrogens with one attached hydrogen (secondary N) is 1. The van der Waals surface area contributed by atoms with E-state index in [1.807, 2.05) is 0 Å². The first-order valence-corrected chi connectivity index (χ1v) is 10.8. The molecule has 2 aromatic carbocycles. The number of carbonyl (C=O) groups excluding carboxylic acids is 1. The van der Waals surface area contributed by atoms with Crippen LogP contribution in [0, 0.1) is 12.7 Å². The van der Waals surface area contributed by atoms with Gasteiger partial charge in [0.05, 0.1) is 37.5 Å². The molecule has 1 fully saturated rings. The molecule has 0 radical (unpaired) electrons. The van der Waals surface area contributed by atoms with Crippen molar-refractivity contribution >= 4 is 22.5 Å². The lowest BCUT2D eigenvalue weighted by molar-refractivity contribution is -0.137. The van der Waals surface area contributed by atoms with Gasteiger partial charge in [0.15, 0.2) is 17.3 Å². The third kappa shape index (κ3) is 4.44. The highest BCUT2D eigenvalue weighted by molar-refractivity contribution is 5.95. The van der Waals surface area contributed by atoms with E-state index in [-0.39, 0.29) is 17.6 Å². The van der Waals surface area contributed by atoms with E-state index in [0.29, 0.717) is 41.5 Å². The first-order valence-electron chi connectivity index (χ1n) is 10.8. The minimum Gasteiger partial charge on any atom is -0.493 e. The average molecular weight is 474 g/mol. The predicted molar refractivity (Wildman–Crippen MR) is 121 cm³/mol. The summed E-state index contributed by atoms with van der Waals surface area (Å²) < 4.78 is 52.5. The summed E-state index contributed by atoms with van der Waals surface area (Å²) in [7, 11) is 1.53. The standard InChI is InChI=1S/C24H25F3N4O3/c1-12(16-6-5-7-17(22(16)25)23(26)27)28-24-19-9-21(34-15-10-31(11-15)14(3)32)20(33-4)8-18(19)13(2)29-30-24/h5-9,12,15,23H,10-11H2,1-4H3,(H,28,30)/t12-/m1/s1. The number of anilines is 1. The molecule has 180 valence electrons. The fourth-order valence-corrected chi connectivity index (χ4v) is 3.95. The molecular weight excluding hydrogens is 449 g/mol. The number of nitrogens with zero attached hydrogens (tertiary/aromatic N) is 3. The molecular formula is C24H25F3N4O3. The van der Waals surface area contributed by atoms with Gasteiger partial charge in [0.1, 0.15) is 11.9 Å². The molecule has 1 amide bonds. The first kappa shape index (κ1) is 23.6. The third-order valence-electron chi connectivity index (χ3n) is 5.95. The zero-order valence-electron chi connectivity index (χ0n) is 19.2. The van der Waals surface area contributed by atoms with Gasteiger partial charge in [-0.25, -0.2) is 13.2 Å². The summed E-state index contributed by atoms with van der Waals surface area (Å²) in [6, 6.07) is 6.80. The lowest BCUT2D eigenvalue weighted by Gasteiger charge is -2.38. The van der Waals surface area contributed by atoms with Crippen LogP contribution in [0.3, 0.4) is 0 Å². The number of methoxy groups -OCH3 is 1. The summed E-state index contributed by atoms with van der Waals surface area (Å²) in [4.78, 5) is 13.1. The van der Waals surface area contributed by atoms with Crippen LogP contribution in [0.1, 0.15) is 43.1 Å². The van der Waals surface area contributed by atoms with Crippen molar-refractivity contribution in [1.29, 1.82) is 0 Å². The number of halogens is 3. The second-order valence-corrected chi connectivity index (χ2v) is 8.26. The normalized spacial score (nSPS) is 14.8. The molecule has 0 unspecified atom stereocenters. The number of ether oxygens (including phenoxy) is 2. The number of hydrogen-bond donors (Lipinski definition) is 1. The molecule has 1 atom stereocenters. The number of amides is 1. The molecule has 3 aromatic rings. The molecule has 1 aliphatic heterocycles. The number of fused-ring (bicyclic) bond motifs is 1. The monoisotopic (exact) mass is 474 g/mol. The van der Waals surface area contributed by atoms with Crippen molar-refractivity contribution in [3.8, 4) is 11.5 Å². The number of hydrogen-bond acceptors (Lipinski definition) is 6. The summed E-state index contributed by atoms with van der Waals surface area (Å²) in [5, 5.41) is 12.9. The molecule has 7 nitrogen and oxygen atoms in total. The molecule has 1 saturated heterocycles. The third-order valence-corrected chi connectivity index (χ3v) is 5.95. The maximum atomic E-state index is 14.7. The van der Waals surface area contributed by atoms with E-state index in [0.717, 1.165) is 11.5 Å². The maximum absolute atomic E-state index is 14.7. The van der Waals surface area contributed by atoms with Crippen molar-refractivity contribution in [3.05, 3.63) is 53.0 Å². The summed E-state index contributed by atoms with van der Waals surface area (Å²) in [5.74, 6) is 0.352. The molecule has 10 heteroatoms. The SMILES string of the molecule is COc1cc2c(C)nnc(N[C@H](C)c3cccc(C(F)F)c3F)c2cc1OC1CN(C(C)=O)C1. The number of carbonyl (C=O) groups is 1. The summed E-state index contributed by atoms with van der Waals surface area (Å²) in [6.07, 6.45) is -3.09. The van der Waals surface area contributed by atoms with Gasteiger partial charge in [-0.05, 0) is 26.0 Å². The Hall–Kier alpha value is -3.56. The summed E-state index contributed by atoms with van der Waals surface area (Å²) >= 11 is 0. The largest absolute Gasteiger partial charge is 0.493 e. The molecule has 0 spiro atoms. The summed E-state index contributed by atoms with van der Waals surface area (Å²) in [6.45, 7) is 5.92. The minimum atomic E-state index is -2.91. The highest BCUT2D eigenvalue weighted by Gasteiger charge is 2.31. The van der Waals surface area contributed by atoms with Gasteiger partial charge in [-0.3, -0.25) is 4.79 Å². The van der Waals surface area contributed by atoms with E-state index < -0.39 is 23.8 Å². The van der Waals surface area contributed by atoms with Crippen molar-refractivity contribution in [2.75, 3.05) is 25.5 Å². The Balaban J connectivity index is 1.67. The molecule has 2 heterocycles. The molecule has 0 bridgehead atoms. The van der Waals surface area contributed by atoms with Crippen molar-refractivity contribution in [2.45, 2.75) is 39.3 Å². The van der Waals surface area contributed by atoms with Crippen LogP contribution in [0.2, 0.25) is 0 Å². The van der Waals surface area contributed by atoms with Gasteiger partial charge >= 0.3 is 0 Å². The number of aromatic nitrogens is 2. The zero-order valence-corrected chi connectivity index (χ0v) is 19.2. The van der Waals surface area contributed by atoms with Gasteiger partial charge in [-0.1, -0.05) is 18.2 Å². The second kappa shape index (κ2) is 9.36. The Morgan fingerprint density at radius 2 is 1.82 bits per heavy atom. The van der Waals surface area contributed by atoms with Crippen LogP contribution in [-0.2, 0) is 4.79 Å². The van der Waals surface area contributed by atoms with Crippen molar-refractivity contribution in [1.82, 2.24) is 15.1 Å². The van der Waals surface area contributed by atoms with Gasteiger partial charge in [0.25, 0.3) is 6.43 Å². The molecule has 0 saturated carbocycles. The van der Waals surface area contributed by atoms with Crippen LogP contribution < -0.4 is 14.8 Å². The highest BCUT2D eigenvalue weighted by atomic mass is 19.3. The van der Waals surface area contributed by atoms with E-state index in [2.05, 4.69) is 15.5 Å². The van der Waals surface area contributed by atoms with E-state index in [9.17, 15) is 18.0 Å². The number of aryl methyl sites for hydroxylation is 1. The van der Waals surface area contributed by atoms with Gasteiger partial charge in [-0.15, -0.1) is 5.10 Å². The molecule has 4 rings (SSSR count). The molecule has 34 heavy (non-hydrogen) atoms. The van der Waals surface area contributed by atoms with Gasteiger partial charge in [-0.2, -0.15) is 5.10 Å². The molecule has 1 aliphatic rings. The quantitative estimate of drug-likeness (QED) is 0.530. The topological polar surface area (TPSA) is 76.6 Å². The van der Waals surface area contributed by atoms with Gasteiger partial charge in [0.2, 0.25) is 5.91 Å². The fraction of sp³-hybridized carbons (Fsp3) is 0.375. The Bertz CT molecular complexity index is 1230. The number of likely N-dealkylation sites (tertiary alicyclic amines) is 1. The van der Waals surface area contributed by atoms with Crippen molar-refractivity contribution < 1.29 is 27.4 Å². The Morgan fingerprint density at radius 3 is 2.47 bits per heavy atom. The van der Waals surface area contributed by atoms with Gasteiger partial charge in [0, 0.05) is 23.3 Å².